The second-order valence-corrected chi connectivity index (χ2v) is 10.1. The minimum absolute atomic E-state index is 0.0369. The van der Waals surface area contributed by atoms with E-state index in [0.717, 1.165) is 19.3 Å². The number of fused-ring (bicyclic) bond motifs is 2. The lowest BCUT2D eigenvalue weighted by Gasteiger charge is -2.40. The predicted molar refractivity (Wildman–Crippen MR) is 109 cm³/mol. The van der Waals surface area contributed by atoms with Crippen LogP contribution in [-0.4, -0.2) is 62.4 Å². The first kappa shape index (κ1) is 21.8. The molecule has 0 aromatic heterocycles. The maximum Gasteiger partial charge on any atom is 0.244 e. The number of benzene rings is 1. The van der Waals surface area contributed by atoms with Crippen LogP contribution in [0.5, 0.6) is 0 Å². The fourth-order valence-electron chi connectivity index (χ4n) is 4.34. The van der Waals surface area contributed by atoms with Crippen LogP contribution in [0.15, 0.2) is 23.1 Å². The van der Waals surface area contributed by atoms with Crippen LogP contribution in [-0.2, 0) is 19.6 Å². The molecular formula is C19H26Cl2N2O4S. The van der Waals surface area contributed by atoms with Gasteiger partial charge in [0, 0.05) is 36.3 Å². The number of methoxy groups -OCH3 is 1. The number of halogens is 2. The largest absolute Gasteiger partial charge is 0.383 e. The Morgan fingerprint density at radius 2 is 1.86 bits per heavy atom. The Balaban J connectivity index is 2.06. The van der Waals surface area contributed by atoms with Crippen LogP contribution >= 0.6 is 23.2 Å². The maximum absolute atomic E-state index is 13.6. The summed E-state index contributed by atoms with van der Waals surface area (Å²) in [6.07, 6.45) is 2.88. The average molecular weight is 449 g/mol. The Morgan fingerprint density at radius 1 is 1.18 bits per heavy atom. The number of hydrogen-bond donors (Lipinski definition) is 0. The number of ether oxygens (including phenoxy) is 1. The molecular weight excluding hydrogens is 423 g/mol. The molecule has 2 saturated heterocycles. The van der Waals surface area contributed by atoms with Crippen molar-refractivity contribution >= 4 is 39.1 Å². The average Bonchev–Trinajstić information content (AvgIpc) is 2.72. The van der Waals surface area contributed by atoms with Gasteiger partial charge in [0.05, 0.1) is 11.5 Å². The van der Waals surface area contributed by atoms with Crippen LogP contribution in [0.3, 0.4) is 0 Å². The number of sulfonamides is 1. The minimum atomic E-state index is -3.92. The molecule has 28 heavy (non-hydrogen) atoms. The topological polar surface area (TPSA) is 66.9 Å². The molecule has 0 spiro atoms. The van der Waals surface area contributed by atoms with Gasteiger partial charge in [0.2, 0.25) is 15.9 Å². The normalized spacial score (nSPS) is 26.4. The van der Waals surface area contributed by atoms with Crippen molar-refractivity contribution in [1.29, 1.82) is 0 Å². The number of carbonyl (C=O) groups is 1. The van der Waals surface area contributed by atoms with E-state index in [1.54, 1.807) is 12.0 Å². The smallest absolute Gasteiger partial charge is 0.244 e. The summed E-state index contributed by atoms with van der Waals surface area (Å²) in [5.74, 6) is -0.0788. The van der Waals surface area contributed by atoms with Gasteiger partial charge in [-0.1, -0.05) is 36.5 Å². The van der Waals surface area contributed by atoms with Gasteiger partial charge in [0.25, 0.3) is 0 Å². The van der Waals surface area contributed by atoms with Crippen molar-refractivity contribution in [3.8, 4) is 0 Å². The van der Waals surface area contributed by atoms with Crippen molar-refractivity contribution in [2.45, 2.75) is 49.6 Å². The number of piperidine rings is 1. The van der Waals surface area contributed by atoms with E-state index in [0.29, 0.717) is 26.1 Å². The highest BCUT2D eigenvalue weighted by atomic mass is 35.5. The lowest BCUT2D eigenvalue weighted by atomic mass is 9.89. The van der Waals surface area contributed by atoms with Gasteiger partial charge in [0.1, 0.15) is 6.04 Å². The van der Waals surface area contributed by atoms with E-state index in [9.17, 15) is 13.2 Å². The van der Waals surface area contributed by atoms with Crippen LogP contribution < -0.4 is 0 Å². The fraction of sp³-hybridized carbons (Fsp3) is 0.632. The van der Waals surface area contributed by atoms with Crippen LogP contribution in [0.25, 0.3) is 0 Å². The van der Waals surface area contributed by atoms with Crippen LogP contribution in [0, 0.1) is 5.92 Å². The molecule has 0 saturated carbocycles. The van der Waals surface area contributed by atoms with Crippen molar-refractivity contribution < 1.29 is 17.9 Å². The highest BCUT2D eigenvalue weighted by Gasteiger charge is 2.49. The highest BCUT2D eigenvalue weighted by molar-refractivity contribution is 7.89. The van der Waals surface area contributed by atoms with Crippen molar-refractivity contribution in [2.75, 3.05) is 26.8 Å². The van der Waals surface area contributed by atoms with Gasteiger partial charge in [-0.3, -0.25) is 4.79 Å². The lowest BCUT2D eigenvalue weighted by molar-refractivity contribution is -0.135. The van der Waals surface area contributed by atoms with Gasteiger partial charge >= 0.3 is 0 Å². The van der Waals surface area contributed by atoms with E-state index in [1.807, 2.05) is 6.92 Å². The third kappa shape index (κ3) is 4.19. The number of carbonyl (C=O) groups excluding carboxylic acids is 1. The van der Waals surface area contributed by atoms with E-state index in [4.69, 9.17) is 27.9 Å². The lowest BCUT2D eigenvalue weighted by Crippen LogP contribution is -2.54. The van der Waals surface area contributed by atoms with Gasteiger partial charge in [-0.15, -0.1) is 0 Å². The SMILES string of the molecule is CC[C@H]1CN(CCOC)C(=O)C2CCCC1N2S(=O)(=O)c1cc(Cl)cc(Cl)c1. The molecule has 156 valence electrons. The van der Waals surface area contributed by atoms with E-state index in [1.165, 1.54) is 22.5 Å². The molecule has 2 heterocycles. The molecule has 3 atom stereocenters. The van der Waals surface area contributed by atoms with Gasteiger partial charge in [-0.05, 0) is 43.4 Å². The van der Waals surface area contributed by atoms with Gasteiger partial charge in [-0.2, -0.15) is 4.31 Å². The first-order valence-electron chi connectivity index (χ1n) is 9.57. The molecule has 6 nitrogen and oxygen atoms in total. The molecule has 2 aliphatic rings. The van der Waals surface area contributed by atoms with Gasteiger partial charge in [-0.25, -0.2) is 8.42 Å². The van der Waals surface area contributed by atoms with Crippen molar-refractivity contribution in [1.82, 2.24) is 9.21 Å². The second kappa shape index (κ2) is 8.88. The van der Waals surface area contributed by atoms with E-state index in [2.05, 4.69) is 0 Å². The zero-order valence-electron chi connectivity index (χ0n) is 16.1. The minimum Gasteiger partial charge on any atom is -0.383 e. The number of nitrogens with zero attached hydrogens (tertiary/aromatic N) is 2. The summed E-state index contributed by atoms with van der Waals surface area (Å²) in [6.45, 7) is 3.48. The molecule has 1 aromatic rings. The summed E-state index contributed by atoms with van der Waals surface area (Å²) < 4.78 is 33.8. The Morgan fingerprint density at radius 3 is 2.46 bits per heavy atom. The Hall–Kier alpha value is -0.860. The number of amides is 1. The molecule has 0 N–H and O–H groups in total. The van der Waals surface area contributed by atoms with Gasteiger partial charge < -0.3 is 9.64 Å². The summed E-state index contributed by atoms with van der Waals surface area (Å²) in [6, 6.07) is 3.38. The Labute approximate surface area is 176 Å². The summed E-state index contributed by atoms with van der Waals surface area (Å²) in [4.78, 5) is 15.1. The molecule has 1 aromatic carbocycles. The van der Waals surface area contributed by atoms with Crippen LogP contribution in [0.1, 0.15) is 32.6 Å². The zero-order valence-corrected chi connectivity index (χ0v) is 18.4. The van der Waals surface area contributed by atoms with Crippen LogP contribution in [0.4, 0.5) is 0 Å². The van der Waals surface area contributed by atoms with Crippen molar-refractivity contribution in [3.05, 3.63) is 28.2 Å². The van der Waals surface area contributed by atoms with Gasteiger partial charge in [0.15, 0.2) is 0 Å². The molecule has 1 amide bonds. The molecule has 3 rings (SSSR count). The standard InChI is InChI=1S/C19H26Cl2N2O4S/c1-3-13-12-22(7-8-27-2)19(24)18-6-4-5-17(13)23(18)28(25,26)16-10-14(20)9-15(21)11-16/h9-11,13,17-18H,3-8,12H2,1-2H3/t13-,17?,18?/m0/s1. The Bertz CT molecular complexity index is 813. The molecule has 2 aliphatic heterocycles. The van der Waals surface area contributed by atoms with E-state index >= 15 is 0 Å². The van der Waals surface area contributed by atoms with Crippen molar-refractivity contribution in [2.24, 2.45) is 5.92 Å². The fourth-order valence-corrected chi connectivity index (χ4v) is 6.95. The summed E-state index contributed by atoms with van der Waals surface area (Å²) >= 11 is 12.1. The second-order valence-electron chi connectivity index (χ2n) is 7.40. The van der Waals surface area contributed by atoms with Crippen LogP contribution in [0.2, 0.25) is 10.0 Å². The summed E-state index contributed by atoms with van der Waals surface area (Å²) in [5.41, 5.74) is 0. The highest BCUT2D eigenvalue weighted by Crippen LogP contribution is 2.38. The molecule has 2 bridgehead atoms. The quantitative estimate of drug-likeness (QED) is 0.668. The Kier molecular flexibility index (Phi) is 6.92. The maximum atomic E-state index is 13.6. The number of rotatable bonds is 6. The number of hydrogen-bond acceptors (Lipinski definition) is 4. The molecule has 0 aliphatic carbocycles. The monoisotopic (exact) mass is 448 g/mol. The van der Waals surface area contributed by atoms with E-state index in [-0.39, 0.29) is 32.8 Å². The first-order chi connectivity index (χ1) is 13.3. The zero-order chi connectivity index (χ0) is 20.5. The summed E-state index contributed by atoms with van der Waals surface area (Å²) in [7, 11) is -2.33. The molecule has 9 heteroatoms. The first-order valence-corrected chi connectivity index (χ1v) is 11.8. The summed E-state index contributed by atoms with van der Waals surface area (Å²) in [5, 5.41) is 0.511. The van der Waals surface area contributed by atoms with Crippen molar-refractivity contribution in [3.63, 3.8) is 0 Å². The van der Waals surface area contributed by atoms with E-state index < -0.39 is 16.1 Å². The molecule has 2 unspecified atom stereocenters. The third-order valence-electron chi connectivity index (χ3n) is 5.71. The molecule has 0 radical (unpaired) electrons. The molecule has 2 fully saturated rings. The third-order valence-corrected chi connectivity index (χ3v) is 8.06. The predicted octanol–water partition coefficient (Wildman–Crippen LogP) is 3.42.